The predicted molar refractivity (Wildman–Crippen MR) is 79.2 cm³/mol. The summed E-state index contributed by atoms with van der Waals surface area (Å²) in [6.45, 7) is -0.0177. The van der Waals surface area contributed by atoms with Gasteiger partial charge in [0.2, 0.25) is 0 Å². The van der Waals surface area contributed by atoms with Crippen molar-refractivity contribution in [2.75, 3.05) is 6.54 Å². The van der Waals surface area contributed by atoms with E-state index in [1.165, 1.54) is 16.9 Å². The molecule has 0 aliphatic rings. The van der Waals surface area contributed by atoms with Gasteiger partial charge >= 0.3 is 0 Å². The normalized spacial score (nSPS) is 10.4. The standard InChI is InChI=1S/C15H16N2O2S/c16-10-13(19)15-5-4-14(20-15)12(18)3-1-2-11-6-8-17-9-7-11/h4-9H,1-3,10,16H2. The molecule has 0 amide bonds. The van der Waals surface area contributed by atoms with Crippen LogP contribution in [0.4, 0.5) is 0 Å². The molecule has 0 unspecified atom stereocenters. The first kappa shape index (κ1) is 14.6. The summed E-state index contributed by atoms with van der Waals surface area (Å²) in [6, 6.07) is 7.29. The third-order valence-electron chi connectivity index (χ3n) is 2.96. The number of Topliss-reactive ketones (excluding diaryl/α,β-unsaturated/α-hetero) is 2. The van der Waals surface area contributed by atoms with Gasteiger partial charge in [-0.15, -0.1) is 11.3 Å². The highest BCUT2D eigenvalue weighted by molar-refractivity contribution is 7.16. The van der Waals surface area contributed by atoms with Crippen LogP contribution in [0, 0.1) is 0 Å². The molecule has 0 fully saturated rings. The van der Waals surface area contributed by atoms with Crippen LogP contribution in [0.15, 0.2) is 36.7 Å². The zero-order valence-electron chi connectivity index (χ0n) is 11.0. The summed E-state index contributed by atoms with van der Waals surface area (Å²) < 4.78 is 0. The Bertz CT molecular complexity index is 593. The summed E-state index contributed by atoms with van der Waals surface area (Å²) in [4.78, 5) is 28.6. The van der Waals surface area contributed by atoms with Gasteiger partial charge in [0, 0.05) is 18.8 Å². The van der Waals surface area contributed by atoms with E-state index < -0.39 is 0 Å². The van der Waals surface area contributed by atoms with E-state index in [9.17, 15) is 9.59 Å². The second-order valence-corrected chi connectivity index (χ2v) is 5.51. The highest BCUT2D eigenvalue weighted by atomic mass is 32.1. The van der Waals surface area contributed by atoms with Crippen molar-refractivity contribution in [3.05, 3.63) is 52.0 Å². The maximum atomic E-state index is 12.0. The molecule has 2 N–H and O–H groups in total. The maximum absolute atomic E-state index is 12.0. The van der Waals surface area contributed by atoms with Gasteiger partial charge in [0.15, 0.2) is 11.6 Å². The van der Waals surface area contributed by atoms with Crippen molar-refractivity contribution < 1.29 is 9.59 Å². The van der Waals surface area contributed by atoms with Crippen LogP contribution < -0.4 is 5.73 Å². The molecule has 0 saturated heterocycles. The van der Waals surface area contributed by atoms with Gasteiger partial charge in [-0.2, -0.15) is 0 Å². The van der Waals surface area contributed by atoms with Crippen LogP contribution in [0.2, 0.25) is 0 Å². The molecule has 4 nitrogen and oxygen atoms in total. The molecule has 0 saturated carbocycles. The average molecular weight is 288 g/mol. The number of thiophene rings is 1. The van der Waals surface area contributed by atoms with Crippen molar-refractivity contribution in [1.82, 2.24) is 4.98 Å². The number of rotatable bonds is 7. The van der Waals surface area contributed by atoms with E-state index in [-0.39, 0.29) is 18.1 Å². The fourth-order valence-electron chi connectivity index (χ4n) is 1.86. The Balaban J connectivity index is 1.86. The highest BCUT2D eigenvalue weighted by Crippen LogP contribution is 2.19. The molecule has 2 heterocycles. The van der Waals surface area contributed by atoms with Gasteiger partial charge in [-0.1, -0.05) is 0 Å². The molecule has 2 rings (SSSR count). The van der Waals surface area contributed by atoms with Gasteiger partial charge < -0.3 is 5.73 Å². The van der Waals surface area contributed by atoms with E-state index in [4.69, 9.17) is 5.73 Å². The van der Waals surface area contributed by atoms with Gasteiger partial charge in [-0.25, -0.2) is 0 Å². The van der Waals surface area contributed by atoms with Gasteiger partial charge in [0.25, 0.3) is 0 Å². The minimum Gasteiger partial charge on any atom is -0.324 e. The topological polar surface area (TPSA) is 73.1 Å². The van der Waals surface area contributed by atoms with E-state index in [2.05, 4.69) is 4.98 Å². The van der Waals surface area contributed by atoms with Crippen molar-refractivity contribution in [3.63, 3.8) is 0 Å². The van der Waals surface area contributed by atoms with E-state index in [0.29, 0.717) is 16.2 Å². The van der Waals surface area contributed by atoms with E-state index in [1.54, 1.807) is 24.5 Å². The number of ketones is 2. The smallest absolute Gasteiger partial charge is 0.186 e. The number of nitrogens with zero attached hydrogens (tertiary/aromatic N) is 1. The van der Waals surface area contributed by atoms with Gasteiger partial charge in [0.1, 0.15) is 0 Å². The Morgan fingerprint density at radius 1 is 1.05 bits per heavy atom. The summed E-state index contributed by atoms with van der Waals surface area (Å²) in [6.07, 6.45) is 5.64. The zero-order valence-corrected chi connectivity index (χ0v) is 11.9. The number of pyridine rings is 1. The van der Waals surface area contributed by atoms with Crippen molar-refractivity contribution in [2.24, 2.45) is 5.73 Å². The number of aryl methyl sites for hydroxylation is 1. The van der Waals surface area contributed by atoms with E-state index in [1.807, 2.05) is 12.1 Å². The molecule has 0 atom stereocenters. The van der Waals surface area contributed by atoms with Gasteiger partial charge in [-0.3, -0.25) is 14.6 Å². The first-order valence-corrected chi connectivity index (χ1v) is 7.27. The van der Waals surface area contributed by atoms with Crippen LogP contribution in [0.3, 0.4) is 0 Å². The Morgan fingerprint density at radius 2 is 1.70 bits per heavy atom. The summed E-state index contributed by atoms with van der Waals surface area (Å²) in [5, 5.41) is 0. The predicted octanol–water partition coefficient (Wildman–Crippen LogP) is 2.49. The van der Waals surface area contributed by atoms with Crippen molar-refractivity contribution in [1.29, 1.82) is 0 Å². The molecule has 0 aliphatic heterocycles. The number of carbonyl (C=O) groups excluding carboxylic acids is 2. The Kier molecular flexibility index (Phi) is 5.15. The zero-order chi connectivity index (χ0) is 14.4. The van der Waals surface area contributed by atoms with E-state index >= 15 is 0 Å². The summed E-state index contributed by atoms with van der Waals surface area (Å²) in [5.41, 5.74) is 6.48. The van der Waals surface area contributed by atoms with Crippen LogP contribution in [0.25, 0.3) is 0 Å². The van der Waals surface area contributed by atoms with E-state index in [0.717, 1.165) is 12.8 Å². The summed E-state index contributed by atoms with van der Waals surface area (Å²) in [7, 11) is 0. The molecule has 0 spiro atoms. The second kappa shape index (κ2) is 7.07. The number of hydrogen-bond acceptors (Lipinski definition) is 5. The number of aromatic nitrogens is 1. The maximum Gasteiger partial charge on any atom is 0.186 e. The largest absolute Gasteiger partial charge is 0.324 e. The van der Waals surface area contributed by atoms with Crippen LogP contribution in [-0.2, 0) is 6.42 Å². The SMILES string of the molecule is NCC(=O)c1ccc(C(=O)CCCc2ccncc2)s1. The van der Waals surface area contributed by atoms with Crippen LogP contribution in [-0.4, -0.2) is 23.1 Å². The average Bonchev–Trinajstić information content (AvgIpc) is 2.97. The molecular formula is C15H16N2O2S. The fourth-order valence-corrected chi connectivity index (χ4v) is 2.79. The van der Waals surface area contributed by atoms with Crippen molar-refractivity contribution in [3.8, 4) is 0 Å². The third kappa shape index (κ3) is 3.82. The summed E-state index contributed by atoms with van der Waals surface area (Å²) >= 11 is 1.23. The lowest BCUT2D eigenvalue weighted by Gasteiger charge is -2.00. The lowest BCUT2D eigenvalue weighted by Crippen LogP contribution is -2.11. The molecule has 2 aromatic heterocycles. The molecule has 0 aliphatic carbocycles. The lowest BCUT2D eigenvalue weighted by atomic mass is 10.1. The summed E-state index contributed by atoms with van der Waals surface area (Å²) in [5.74, 6) is -0.0361. The molecule has 0 aromatic carbocycles. The number of hydrogen-bond donors (Lipinski definition) is 1. The van der Waals surface area contributed by atoms with Crippen LogP contribution in [0.1, 0.15) is 37.7 Å². The number of nitrogens with two attached hydrogens (primary N) is 1. The Hall–Kier alpha value is -1.85. The molecule has 20 heavy (non-hydrogen) atoms. The molecular weight excluding hydrogens is 272 g/mol. The molecule has 2 aromatic rings. The lowest BCUT2D eigenvalue weighted by molar-refractivity contribution is 0.0982. The minimum atomic E-state index is -0.120. The monoisotopic (exact) mass is 288 g/mol. The molecule has 0 bridgehead atoms. The molecule has 104 valence electrons. The first-order valence-electron chi connectivity index (χ1n) is 6.46. The van der Waals surface area contributed by atoms with Crippen molar-refractivity contribution >= 4 is 22.9 Å². The molecule has 0 radical (unpaired) electrons. The van der Waals surface area contributed by atoms with Crippen molar-refractivity contribution in [2.45, 2.75) is 19.3 Å². The number of carbonyl (C=O) groups is 2. The van der Waals surface area contributed by atoms with Gasteiger partial charge in [0.05, 0.1) is 16.3 Å². The van der Waals surface area contributed by atoms with Crippen LogP contribution in [0.5, 0.6) is 0 Å². The fraction of sp³-hybridized carbons (Fsp3) is 0.267. The van der Waals surface area contributed by atoms with Crippen LogP contribution >= 0.6 is 11.3 Å². The molecule has 5 heteroatoms. The first-order chi connectivity index (χ1) is 9.70. The third-order valence-corrected chi connectivity index (χ3v) is 4.13. The Morgan fingerprint density at radius 3 is 2.35 bits per heavy atom. The Labute approximate surface area is 121 Å². The quantitative estimate of drug-likeness (QED) is 0.794. The second-order valence-electron chi connectivity index (χ2n) is 4.42. The minimum absolute atomic E-state index is 0.0177. The van der Waals surface area contributed by atoms with Gasteiger partial charge in [-0.05, 0) is 42.7 Å². The highest BCUT2D eigenvalue weighted by Gasteiger charge is 2.12.